The highest BCUT2D eigenvalue weighted by molar-refractivity contribution is 5.00. The van der Waals surface area contributed by atoms with Crippen LogP contribution in [0.3, 0.4) is 0 Å². The second kappa shape index (κ2) is 14.4. The highest BCUT2D eigenvalue weighted by Crippen LogP contribution is 1.93. The number of hydrogen-bond acceptors (Lipinski definition) is 3. The Balaban J connectivity index is 0. The molecule has 0 spiro atoms. The predicted octanol–water partition coefficient (Wildman–Crippen LogP) is 4.43. The Labute approximate surface area is 105 Å². The van der Waals surface area contributed by atoms with Crippen LogP contribution in [0.1, 0.15) is 39.0 Å². The molecular formula is C14H24N2O. The van der Waals surface area contributed by atoms with Crippen molar-refractivity contribution < 1.29 is 4.42 Å². The van der Waals surface area contributed by atoms with Crippen LogP contribution in [-0.2, 0) is 0 Å². The standard InChI is InChI=1S/C5H6N2.C5H6O.2C2H6/c1-5-2-3-6-4-7-5;1-5-2-3-6-4-5;2*1-2/h2-4H,1H3;2-4H,1H3;2*1-2H3. The first-order valence-corrected chi connectivity index (χ1v) is 6.00. The van der Waals surface area contributed by atoms with E-state index in [1.54, 1.807) is 18.7 Å². The predicted molar refractivity (Wildman–Crippen MR) is 72.9 cm³/mol. The van der Waals surface area contributed by atoms with Crippen LogP contribution < -0.4 is 0 Å². The first kappa shape index (κ1) is 17.7. The molecule has 2 rings (SSSR count). The molecule has 0 saturated heterocycles. The SMILES string of the molecule is CC.CC.Cc1ccncn1.Cc1ccoc1. The molecular weight excluding hydrogens is 212 g/mol. The Morgan fingerprint density at radius 2 is 1.65 bits per heavy atom. The Morgan fingerprint density at radius 1 is 1.00 bits per heavy atom. The summed E-state index contributed by atoms with van der Waals surface area (Å²) in [6.45, 7) is 11.9. The molecule has 2 aromatic rings. The van der Waals surface area contributed by atoms with Crippen LogP contribution in [0.25, 0.3) is 0 Å². The highest BCUT2D eigenvalue weighted by atomic mass is 16.3. The van der Waals surface area contributed by atoms with Gasteiger partial charge in [-0.3, -0.25) is 0 Å². The lowest BCUT2D eigenvalue weighted by atomic mass is 10.4. The lowest BCUT2D eigenvalue weighted by molar-refractivity contribution is 0.565. The zero-order valence-corrected chi connectivity index (χ0v) is 11.8. The van der Waals surface area contributed by atoms with Crippen molar-refractivity contribution in [2.24, 2.45) is 0 Å². The van der Waals surface area contributed by atoms with E-state index in [0.717, 1.165) is 5.69 Å². The van der Waals surface area contributed by atoms with Gasteiger partial charge in [0.25, 0.3) is 0 Å². The van der Waals surface area contributed by atoms with E-state index < -0.39 is 0 Å². The summed E-state index contributed by atoms with van der Waals surface area (Å²) in [5, 5.41) is 0. The van der Waals surface area contributed by atoms with Gasteiger partial charge in [-0.05, 0) is 31.5 Å². The largest absolute Gasteiger partial charge is 0.472 e. The van der Waals surface area contributed by atoms with E-state index in [4.69, 9.17) is 4.42 Å². The molecule has 0 fully saturated rings. The normalized spacial score (nSPS) is 7.41. The molecule has 0 unspecified atom stereocenters. The van der Waals surface area contributed by atoms with Crippen LogP contribution in [0.15, 0.2) is 41.6 Å². The van der Waals surface area contributed by atoms with Gasteiger partial charge in [-0.2, -0.15) is 0 Å². The van der Waals surface area contributed by atoms with Gasteiger partial charge in [0.05, 0.1) is 12.5 Å². The molecule has 96 valence electrons. The molecule has 3 nitrogen and oxygen atoms in total. The molecule has 2 heterocycles. The number of rotatable bonds is 0. The van der Waals surface area contributed by atoms with E-state index >= 15 is 0 Å². The van der Waals surface area contributed by atoms with Gasteiger partial charge in [0.1, 0.15) is 6.33 Å². The van der Waals surface area contributed by atoms with Gasteiger partial charge < -0.3 is 4.42 Å². The van der Waals surface area contributed by atoms with E-state index in [2.05, 4.69) is 9.97 Å². The number of aryl methyl sites for hydroxylation is 2. The first-order chi connectivity index (χ1) is 8.29. The number of furan rings is 1. The summed E-state index contributed by atoms with van der Waals surface area (Å²) in [5.41, 5.74) is 2.19. The van der Waals surface area contributed by atoms with Crippen LogP contribution in [0.4, 0.5) is 0 Å². The van der Waals surface area contributed by atoms with Gasteiger partial charge >= 0.3 is 0 Å². The molecule has 0 N–H and O–H groups in total. The first-order valence-electron chi connectivity index (χ1n) is 6.00. The minimum absolute atomic E-state index is 1.01. The Morgan fingerprint density at radius 3 is 1.82 bits per heavy atom. The fourth-order valence-electron chi connectivity index (χ4n) is 0.689. The van der Waals surface area contributed by atoms with Crippen molar-refractivity contribution >= 4 is 0 Å². The lowest BCUT2D eigenvalue weighted by Crippen LogP contribution is -1.77. The second-order valence-electron chi connectivity index (χ2n) is 2.65. The van der Waals surface area contributed by atoms with Gasteiger partial charge in [0.2, 0.25) is 0 Å². The smallest absolute Gasteiger partial charge is 0.115 e. The van der Waals surface area contributed by atoms with E-state index in [0.29, 0.717) is 0 Å². The van der Waals surface area contributed by atoms with E-state index in [-0.39, 0.29) is 0 Å². The number of hydrogen-bond donors (Lipinski definition) is 0. The summed E-state index contributed by atoms with van der Waals surface area (Å²) in [4.78, 5) is 7.60. The van der Waals surface area contributed by atoms with Crippen LogP contribution in [0.5, 0.6) is 0 Å². The summed E-state index contributed by atoms with van der Waals surface area (Å²) in [5.74, 6) is 0. The van der Waals surface area contributed by atoms with Gasteiger partial charge in [0.15, 0.2) is 0 Å². The summed E-state index contributed by atoms with van der Waals surface area (Å²) in [7, 11) is 0. The summed E-state index contributed by atoms with van der Waals surface area (Å²) in [6.07, 6.45) is 6.63. The Hall–Kier alpha value is -1.64. The number of aromatic nitrogens is 2. The van der Waals surface area contributed by atoms with Crippen molar-refractivity contribution in [2.45, 2.75) is 41.5 Å². The van der Waals surface area contributed by atoms with E-state index in [1.165, 1.54) is 11.9 Å². The van der Waals surface area contributed by atoms with E-state index in [9.17, 15) is 0 Å². The zero-order valence-electron chi connectivity index (χ0n) is 11.8. The lowest BCUT2D eigenvalue weighted by Gasteiger charge is -1.81. The van der Waals surface area contributed by atoms with Crippen LogP contribution in [0, 0.1) is 13.8 Å². The zero-order chi connectivity index (χ0) is 13.5. The Kier molecular flexibility index (Phi) is 15.0. The van der Waals surface area contributed by atoms with Crippen molar-refractivity contribution in [3.8, 4) is 0 Å². The third-order valence-corrected chi connectivity index (χ3v) is 1.39. The number of nitrogens with zero attached hydrogens (tertiary/aromatic N) is 2. The van der Waals surface area contributed by atoms with Crippen LogP contribution in [0.2, 0.25) is 0 Å². The third-order valence-electron chi connectivity index (χ3n) is 1.39. The highest BCUT2D eigenvalue weighted by Gasteiger charge is 1.76. The maximum atomic E-state index is 4.71. The molecule has 0 bridgehead atoms. The average Bonchev–Trinajstić information content (AvgIpc) is 2.87. The molecule has 0 atom stereocenters. The molecule has 3 heteroatoms. The average molecular weight is 236 g/mol. The molecule has 0 aromatic carbocycles. The maximum absolute atomic E-state index is 4.71. The van der Waals surface area contributed by atoms with E-state index in [1.807, 2.05) is 53.7 Å². The van der Waals surface area contributed by atoms with Crippen LogP contribution in [-0.4, -0.2) is 9.97 Å². The fourth-order valence-corrected chi connectivity index (χ4v) is 0.689. The monoisotopic (exact) mass is 236 g/mol. The summed E-state index contributed by atoms with van der Waals surface area (Å²) >= 11 is 0. The minimum atomic E-state index is 1.01. The molecule has 2 aromatic heterocycles. The fraction of sp³-hybridized carbons (Fsp3) is 0.429. The van der Waals surface area contributed by atoms with Crippen molar-refractivity contribution in [1.82, 2.24) is 9.97 Å². The van der Waals surface area contributed by atoms with Crippen LogP contribution >= 0.6 is 0 Å². The molecule has 0 aliphatic rings. The molecule has 0 aliphatic carbocycles. The van der Waals surface area contributed by atoms with Crippen molar-refractivity contribution in [3.05, 3.63) is 48.4 Å². The minimum Gasteiger partial charge on any atom is -0.472 e. The third kappa shape index (κ3) is 12.3. The van der Waals surface area contributed by atoms with Crippen molar-refractivity contribution in [2.75, 3.05) is 0 Å². The Bertz CT molecular complexity index is 317. The van der Waals surface area contributed by atoms with Gasteiger partial charge in [-0.1, -0.05) is 27.7 Å². The maximum Gasteiger partial charge on any atom is 0.115 e. The van der Waals surface area contributed by atoms with Gasteiger partial charge in [-0.15, -0.1) is 0 Å². The molecule has 0 amide bonds. The summed E-state index contributed by atoms with van der Waals surface area (Å²) < 4.78 is 4.71. The molecule has 17 heavy (non-hydrogen) atoms. The molecule has 0 saturated carbocycles. The van der Waals surface area contributed by atoms with Gasteiger partial charge in [0, 0.05) is 11.9 Å². The van der Waals surface area contributed by atoms with Crippen molar-refractivity contribution in [3.63, 3.8) is 0 Å². The molecule has 0 radical (unpaired) electrons. The van der Waals surface area contributed by atoms with Crippen molar-refractivity contribution in [1.29, 1.82) is 0 Å². The topological polar surface area (TPSA) is 38.9 Å². The second-order valence-corrected chi connectivity index (χ2v) is 2.65. The quantitative estimate of drug-likeness (QED) is 0.679. The van der Waals surface area contributed by atoms with Gasteiger partial charge in [-0.25, -0.2) is 9.97 Å². The molecule has 0 aliphatic heterocycles. The summed E-state index contributed by atoms with van der Waals surface area (Å²) in [6, 6.07) is 3.78.